The lowest BCUT2D eigenvalue weighted by Gasteiger charge is -2.10. The number of amides is 1. The second kappa shape index (κ2) is 6.12. The maximum absolute atomic E-state index is 11.2. The van der Waals surface area contributed by atoms with Crippen LogP contribution < -0.4 is 15.8 Å². The van der Waals surface area contributed by atoms with E-state index in [4.69, 9.17) is 10.5 Å². The number of carbonyl (C=O) groups excluding carboxylic acids is 1. The number of nitrogens with one attached hydrogen (secondary N) is 1. The topological polar surface area (TPSA) is 64.3 Å². The molecule has 1 amide bonds. The summed E-state index contributed by atoms with van der Waals surface area (Å²) in [7, 11) is 0. The summed E-state index contributed by atoms with van der Waals surface area (Å²) < 4.78 is 5.41. The Kier molecular flexibility index (Phi) is 4.79. The maximum Gasteiger partial charge on any atom is 0.257 e. The zero-order valence-electron chi connectivity index (χ0n) is 9.75. The Bertz CT molecular complexity index is 364. The molecule has 0 spiro atoms. The molecular formula is C12H18N2O2. The fourth-order valence-corrected chi connectivity index (χ4v) is 1.40. The van der Waals surface area contributed by atoms with Gasteiger partial charge in [0.1, 0.15) is 5.75 Å². The van der Waals surface area contributed by atoms with Gasteiger partial charge in [-0.15, -0.1) is 0 Å². The first kappa shape index (κ1) is 12.5. The van der Waals surface area contributed by atoms with Crippen molar-refractivity contribution in [3.63, 3.8) is 0 Å². The number of rotatable bonds is 5. The SMILES string of the molecule is CCNC(=O)COc1ccc(C)cc1CN. The van der Waals surface area contributed by atoms with Crippen LogP contribution in [0.4, 0.5) is 0 Å². The quantitative estimate of drug-likeness (QED) is 0.780. The van der Waals surface area contributed by atoms with Gasteiger partial charge in [0.2, 0.25) is 0 Å². The molecule has 0 saturated heterocycles. The van der Waals surface area contributed by atoms with Crippen LogP contribution in [0, 0.1) is 6.92 Å². The molecule has 0 aromatic heterocycles. The van der Waals surface area contributed by atoms with Crippen molar-refractivity contribution >= 4 is 5.91 Å². The van der Waals surface area contributed by atoms with E-state index in [-0.39, 0.29) is 12.5 Å². The second-order valence-electron chi connectivity index (χ2n) is 3.56. The number of ether oxygens (including phenoxy) is 1. The summed E-state index contributed by atoms with van der Waals surface area (Å²) in [4.78, 5) is 11.2. The summed E-state index contributed by atoms with van der Waals surface area (Å²) in [6, 6.07) is 5.75. The van der Waals surface area contributed by atoms with Crippen molar-refractivity contribution in [2.75, 3.05) is 13.2 Å². The minimum Gasteiger partial charge on any atom is -0.483 e. The standard InChI is InChI=1S/C12H18N2O2/c1-3-14-12(15)8-16-11-5-4-9(2)6-10(11)7-13/h4-6H,3,7-8,13H2,1-2H3,(H,14,15). The first-order valence-electron chi connectivity index (χ1n) is 5.36. The third kappa shape index (κ3) is 3.55. The number of hydrogen-bond donors (Lipinski definition) is 2. The monoisotopic (exact) mass is 222 g/mol. The van der Waals surface area contributed by atoms with Crippen LogP contribution in [0.25, 0.3) is 0 Å². The van der Waals surface area contributed by atoms with Crippen molar-refractivity contribution in [1.82, 2.24) is 5.32 Å². The molecule has 0 fully saturated rings. The van der Waals surface area contributed by atoms with E-state index in [1.54, 1.807) is 0 Å². The van der Waals surface area contributed by atoms with Crippen LogP contribution in [0.15, 0.2) is 18.2 Å². The van der Waals surface area contributed by atoms with Gasteiger partial charge in [-0.05, 0) is 19.9 Å². The van der Waals surface area contributed by atoms with Crippen LogP contribution in [-0.4, -0.2) is 19.1 Å². The predicted molar refractivity (Wildman–Crippen MR) is 63.2 cm³/mol. The highest BCUT2D eigenvalue weighted by Crippen LogP contribution is 2.19. The largest absolute Gasteiger partial charge is 0.483 e. The molecule has 0 aliphatic rings. The zero-order chi connectivity index (χ0) is 12.0. The molecule has 0 radical (unpaired) electrons. The molecule has 1 rings (SSSR count). The Balaban J connectivity index is 2.63. The fourth-order valence-electron chi connectivity index (χ4n) is 1.40. The summed E-state index contributed by atoms with van der Waals surface area (Å²) in [5, 5.41) is 2.67. The van der Waals surface area contributed by atoms with E-state index in [0.717, 1.165) is 11.1 Å². The fraction of sp³-hybridized carbons (Fsp3) is 0.417. The van der Waals surface area contributed by atoms with Crippen molar-refractivity contribution in [1.29, 1.82) is 0 Å². The van der Waals surface area contributed by atoms with E-state index in [1.165, 1.54) is 0 Å². The Labute approximate surface area is 95.8 Å². The molecule has 88 valence electrons. The number of likely N-dealkylation sites (N-methyl/N-ethyl adjacent to an activating group) is 1. The third-order valence-corrected chi connectivity index (χ3v) is 2.17. The number of nitrogens with two attached hydrogens (primary N) is 1. The van der Waals surface area contributed by atoms with Crippen molar-refractivity contribution in [3.8, 4) is 5.75 Å². The molecular weight excluding hydrogens is 204 g/mol. The van der Waals surface area contributed by atoms with Crippen LogP contribution in [0.2, 0.25) is 0 Å². The van der Waals surface area contributed by atoms with E-state index in [0.29, 0.717) is 18.8 Å². The van der Waals surface area contributed by atoms with Gasteiger partial charge < -0.3 is 15.8 Å². The number of aryl methyl sites for hydroxylation is 1. The normalized spacial score (nSPS) is 9.94. The van der Waals surface area contributed by atoms with Gasteiger partial charge in [0.15, 0.2) is 6.61 Å². The predicted octanol–water partition coefficient (Wildman–Crippen LogP) is 0.969. The molecule has 0 heterocycles. The lowest BCUT2D eigenvalue weighted by molar-refractivity contribution is -0.122. The van der Waals surface area contributed by atoms with Gasteiger partial charge in [0, 0.05) is 18.7 Å². The first-order valence-corrected chi connectivity index (χ1v) is 5.36. The summed E-state index contributed by atoms with van der Waals surface area (Å²) in [5.41, 5.74) is 7.66. The number of carbonyl (C=O) groups is 1. The Morgan fingerprint density at radius 3 is 2.88 bits per heavy atom. The lowest BCUT2D eigenvalue weighted by atomic mass is 10.1. The smallest absolute Gasteiger partial charge is 0.257 e. The minimum absolute atomic E-state index is 0.0316. The maximum atomic E-state index is 11.2. The minimum atomic E-state index is -0.119. The average molecular weight is 222 g/mol. The van der Waals surface area contributed by atoms with Gasteiger partial charge in [-0.3, -0.25) is 4.79 Å². The molecule has 0 atom stereocenters. The van der Waals surface area contributed by atoms with Crippen LogP contribution in [0.5, 0.6) is 5.75 Å². The van der Waals surface area contributed by atoms with Gasteiger partial charge in [-0.25, -0.2) is 0 Å². The average Bonchev–Trinajstić information content (AvgIpc) is 2.27. The van der Waals surface area contributed by atoms with Gasteiger partial charge >= 0.3 is 0 Å². The highest BCUT2D eigenvalue weighted by Gasteiger charge is 2.05. The molecule has 16 heavy (non-hydrogen) atoms. The van der Waals surface area contributed by atoms with Crippen LogP contribution in [-0.2, 0) is 11.3 Å². The zero-order valence-corrected chi connectivity index (χ0v) is 9.75. The third-order valence-electron chi connectivity index (χ3n) is 2.17. The lowest BCUT2D eigenvalue weighted by Crippen LogP contribution is -2.28. The molecule has 0 aliphatic carbocycles. The van der Waals surface area contributed by atoms with Crippen molar-refractivity contribution in [2.24, 2.45) is 5.73 Å². The van der Waals surface area contributed by atoms with E-state index in [2.05, 4.69) is 5.32 Å². The highest BCUT2D eigenvalue weighted by molar-refractivity contribution is 5.77. The summed E-state index contributed by atoms with van der Waals surface area (Å²) in [6.45, 7) is 4.91. The van der Waals surface area contributed by atoms with Crippen LogP contribution >= 0.6 is 0 Å². The molecule has 3 N–H and O–H groups in total. The van der Waals surface area contributed by atoms with Crippen LogP contribution in [0.1, 0.15) is 18.1 Å². The van der Waals surface area contributed by atoms with Crippen molar-refractivity contribution in [2.45, 2.75) is 20.4 Å². The first-order chi connectivity index (χ1) is 7.67. The highest BCUT2D eigenvalue weighted by atomic mass is 16.5. The Morgan fingerprint density at radius 1 is 1.50 bits per heavy atom. The van der Waals surface area contributed by atoms with Gasteiger partial charge in [-0.2, -0.15) is 0 Å². The number of hydrogen-bond acceptors (Lipinski definition) is 3. The molecule has 0 unspecified atom stereocenters. The molecule has 4 nitrogen and oxygen atoms in total. The summed E-state index contributed by atoms with van der Waals surface area (Å²) >= 11 is 0. The molecule has 0 bridgehead atoms. The molecule has 0 saturated carbocycles. The second-order valence-corrected chi connectivity index (χ2v) is 3.56. The van der Waals surface area contributed by atoms with Gasteiger partial charge in [-0.1, -0.05) is 17.7 Å². The molecule has 4 heteroatoms. The van der Waals surface area contributed by atoms with E-state index in [1.807, 2.05) is 32.0 Å². The van der Waals surface area contributed by atoms with Crippen LogP contribution in [0.3, 0.4) is 0 Å². The van der Waals surface area contributed by atoms with E-state index in [9.17, 15) is 4.79 Å². The Hall–Kier alpha value is -1.55. The summed E-state index contributed by atoms with van der Waals surface area (Å²) in [5.74, 6) is 0.561. The van der Waals surface area contributed by atoms with Crippen molar-refractivity contribution < 1.29 is 9.53 Å². The summed E-state index contributed by atoms with van der Waals surface area (Å²) in [6.07, 6.45) is 0. The molecule has 1 aromatic carbocycles. The molecule has 1 aromatic rings. The van der Waals surface area contributed by atoms with Crippen molar-refractivity contribution in [3.05, 3.63) is 29.3 Å². The number of benzene rings is 1. The molecule has 0 aliphatic heterocycles. The Morgan fingerprint density at radius 2 is 2.25 bits per heavy atom. The van der Waals surface area contributed by atoms with E-state index >= 15 is 0 Å². The van der Waals surface area contributed by atoms with Gasteiger partial charge in [0.25, 0.3) is 5.91 Å². The van der Waals surface area contributed by atoms with Gasteiger partial charge in [0.05, 0.1) is 0 Å². The van der Waals surface area contributed by atoms with E-state index < -0.39 is 0 Å².